The van der Waals surface area contributed by atoms with E-state index in [1.165, 1.54) is 160 Å². The second-order valence-corrected chi connectivity index (χ2v) is 28.9. The SMILES string of the molecule is CCCCCCCCCCCCC/C=C/C=C/C(=O)OC(COC(=O)CCCCCCCCCCCCCCCCCCC)COP(=O)(O)OC1C(OC2OC(CO)C(O)C(O)C2O)C(O)C(O)C(O)C1OC1OC(COC(=O)CCCCCCCCCCCCC)C(O)C(O)C1O. The summed E-state index contributed by atoms with van der Waals surface area (Å²) in [6.07, 6.45) is 16.1. The fourth-order valence-electron chi connectivity index (χ4n) is 12.6. The number of phosphoric acid groups is 1. The maximum Gasteiger partial charge on any atom is 0.472 e. The van der Waals surface area contributed by atoms with Crippen LogP contribution < -0.4 is 0 Å². The van der Waals surface area contributed by atoms with Crippen LogP contribution in [-0.4, -0.2) is 204 Å². The lowest BCUT2D eigenvalue weighted by molar-refractivity contribution is -0.360. The Morgan fingerprint density at radius 3 is 1.18 bits per heavy atom. The highest BCUT2D eigenvalue weighted by molar-refractivity contribution is 7.47. The largest absolute Gasteiger partial charge is 0.472 e. The molecule has 0 amide bonds. The molecule has 1 aliphatic carbocycles. The lowest BCUT2D eigenvalue weighted by Gasteiger charge is -2.49. The van der Waals surface area contributed by atoms with Crippen molar-refractivity contribution in [2.75, 3.05) is 26.4 Å². The van der Waals surface area contributed by atoms with Gasteiger partial charge in [-0.15, -0.1) is 0 Å². The Morgan fingerprint density at radius 1 is 0.418 bits per heavy atom. The van der Waals surface area contributed by atoms with Crippen molar-refractivity contribution in [2.45, 2.75) is 395 Å². The van der Waals surface area contributed by atoms with Gasteiger partial charge in [0, 0.05) is 18.9 Å². The van der Waals surface area contributed by atoms with Crippen LogP contribution in [0.2, 0.25) is 0 Å². The third-order valence-corrected chi connectivity index (χ3v) is 19.8. The molecule has 2 heterocycles. The number of esters is 3. The summed E-state index contributed by atoms with van der Waals surface area (Å²) >= 11 is 0. The summed E-state index contributed by atoms with van der Waals surface area (Å²) in [5, 5.41) is 110. The molecule has 2 aliphatic heterocycles. The van der Waals surface area contributed by atoms with E-state index in [1.54, 1.807) is 6.08 Å². The molecule has 0 aromatic heterocycles. The van der Waals surface area contributed by atoms with Crippen LogP contribution in [0.25, 0.3) is 0 Å². The molecule has 1 saturated carbocycles. The molecule has 3 fully saturated rings. The van der Waals surface area contributed by atoms with Crippen molar-refractivity contribution in [2.24, 2.45) is 0 Å². The van der Waals surface area contributed by atoms with Gasteiger partial charge in [0.2, 0.25) is 0 Å². The predicted molar refractivity (Wildman–Crippen MR) is 370 cm³/mol. The number of allylic oxidation sites excluding steroid dienone is 3. The number of phosphoric ester groups is 1. The molecule has 574 valence electrons. The first-order valence-corrected chi connectivity index (χ1v) is 39.7. The Labute approximate surface area is 585 Å². The van der Waals surface area contributed by atoms with Gasteiger partial charge < -0.3 is 89.1 Å². The molecule has 0 bridgehead atoms. The summed E-state index contributed by atoms with van der Waals surface area (Å²) in [7, 11) is -5.72. The molecule has 0 radical (unpaired) electrons. The molecule has 0 spiro atoms. The topological polar surface area (TPSA) is 374 Å². The molecular weight excluding hydrogens is 1290 g/mol. The number of ether oxygens (including phenoxy) is 7. The van der Waals surface area contributed by atoms with Crippen LogP contribution >= 0.6 is 7.82 Å². The van der Waals surface area contributed by atoms with Gasteiger partial charge in [0.15, 0.2) is 18.7 Å². The summed E-state index contributed by atoms with van der Waals surface area (Å²) < 4.78 is 64.8. The lowest BCUT2D eigenvalue weighted by atomic mass is 9.84. The van der Waals surface area contributed by atoms with Crippen LogP contribution in [0.3, 0.4) is 0 Å². The molecule has 24 nitrogen and oxygen atoms in total. The molecular formula is C73H133O24P. The number of rotatable bonds is 59. The highest BCUT2D eigenvalue weighted by Gasteiger charge is 2.58. The normalized spacial score (nSPS) is 27.7. The Balaban J connectivity index is 1.75. The van der Waals surface area contributed by atoms with Gasteiger partial charge in [-0.05, 0) is 25.7 Å². The van der Waals surface area contributed by atoms with Crippen LogP contribution in [0.15, 0.2) is 24.3 Å². The van der Waals surface area contributed by atoms with E-state index in [-0.39, 0.29) is 12.8 Å². The standard InChI is InChI=1S/C73H133O24P/c1-4-7-10-13-16-19-22-24-26-27-29-30-33-36-38-41-44-47-57(75)89-51-54(92-59(77)49-46-43-40-37-34-31-28-25-23-20-17-14-11-8-5-2)52-91-98(87,88)97-71-69(95-72-67(85)62(80)60(78)55(50-74)93-72)65(83)64(82)66(84)70(71)96-73-68(86)63(81)61(79)56(94-73)53-90-58(76)48-45-42-39-35-32-21-18-15-12-9-6-3/h40,43,46,49,54-56,60-74,78-86H,4-39,41-42,44-45,47-48,50-53H2,1-3H3,(H,87,88)/b43-40+,49-46+. The monoisotopic (exact) mass is 1420 g/mol. The molecule has 25 heteroatoms. The highest BCUT2D eigenvalue weighted by atomic mass is 31.2. The lowest BCUT2D eigenvalue weighted by Crippen LogP contribution is -2.69. The number of carbonyl (C=O) groups is 3. The number of hydrogen-bond donors (Lipinski definition) is 11. The molecule has 18 unspecified atom stereocenters. The van der Waals surface area contributed by atoms with Gasteiger partial charge in [0.05, 0.1) is 13.2 Å². The molecule has 3 rings (SSSR count). The van der Waals surface area contributed by atoms with Crippen LogP contribution in [-0.2, 0) is 61.2 Å². The zero-order chi connectivity index (χ0) is 71.8. The molecule has 0 aromatic rings. The summed E-state index contributed by atoms with van der Waals surface area (Å²) in [5.41, 5.74) is 0. The van der Waals surface area contributed by atoms with Gasteiger partial charge >= 0.3 is 25.7 Å². The molecule has 11 N–H and O–H groups in total. The van der Waals surface area contributed by atoms with Gasteiger partial charge in [-0.2, -0.15) is 0 Å². The van der Waals surface area contributed by atoms with E-state index in [1.807, 2.05) is 6.08 Å². The van der Waals surface area contributed by atoms with Gasteiger partial charge in [-0.1, -0.05) is 270 Å². The summed E-state index contributed by atoms with van der Waals surface area (Å²) in [5.74, 6) is -2.24. The highest BCUT2D eigenvalue weighted by Crippen LogP contribution is 2.49. The Hall–Kier alpha value is -2.56. The molecule has 0 aromatic carbocycles. The third-order valence-electron chi connectivity index (χ3n) is 18.8. The first kappa shape index (κ1) is 89.7. The average Bonchev–Trinajstić information content (AvgIpc) is 0.760. The molecule has 3 aliphatic rings. The van der Waals surface area contributed by atoms with Crippen LogP contribution in [0.4, 0.5) is 0 Å². The number of carbonyl (C=O) groups excluding carboxylic acids is 3. The van der Waals surface area contributed by atoms with E-state index in [0.29, 0.717) is 12.8 Å². The zero-order valence-corrected chi connectivity index (χ0v) is 60.7. The first-order valence-electron chi connectivity index (χ1n) is 38.2. The minimum absolute atomic E-state index is 0.0275. The minimum Gasteiger partial charge on any atom is -0.463 e. The van der Waals surface area contributed by atoms with Gasteiger partial charge in [-0.3, -0.25) is 18.6 Å². The van der Waals surface area contributed by atoms with E-state index in [4.69, 9.17) is 42.2 Å². The molecule has 2 saturated heterocycles. The van der Waals surface area contributed by atoms with Crippen molar-refractivity contribution in [3.63, 3.8) is 0 Å². The fraction of sp³-hybridized carbons (Fsp3) is 0.904. The van der Waals surface area contributed by atoms with Crippen LogP contribution in [0.1, 0.15) is 290 Å². The van der Waals surface area contributed by atoms with Crippen molar-refractivity contribution < 1.29 is 117 Å². The second kappa shape index (κ2) is 55.0. The van der Waals surface area contributed by atoms with Gasteiger partial charge in [0.25, 0.3) is 0 Å². The second-order valence-electron chi connectivity index (χ2n) is 27.4. The Kier molecular flexibility index (Phi) is 50.3. The molecule has 98 heavy (non-hydrogen) atoms. The third kappa shape index (κ3) is 37.7. The van der Waals surface area contributed by atoms with Crippen molar-refractivity contribution >= 4 is 25.7 Å². The van der Waals surface area contributed by atoms with Crippen molar-refractivity contribution in [1.29, 1.82) is 0 Å². The van der Waals surface area contributed by atoms with Gasteiger partial charge in [0.1, 0.15) is 98.7 Å². The van der Waals surface area contributed by atoms with E-state index in [0.717, 1.165) is 96.0 Å². The number of aliphatic hydroxyl groups excluding tert-OH is 10. The number of hydrogen-bond acceptors (Lipinski definition) is 23. The Morgan fingerprint density at radius 2 is 0.776 bits per heavy atom. The summed E-state index contributed by atoms with van der Waals surface area (Å²) in [6, 6.07) is 0. The van der Waals surface area contributed by atoms with Crippen molar-refractivity contribution in [3.8, 4) is 0 Å². The zero-order valence-electron chi connectivity index (χ0n) is 59.8. The summed E-state index contributed by atoms with van der Waals surface area (Å²) in [4.78, 5) is 50.9. The van der Waals surface area contributed by atoms with Crippen molar-refractivity contribution in [3.05, 3.63) is 24.3 Å². The minimum atomic E-state index is -5.72. The predicted octanol–water partition coefficient (Wildman–Crippen LogP) is 10.5. The maximum atomic E-state index is 14.3. The van der Waals surface area contributed by atoms with E-state index >= 15 is 0 Å². The number of aliphatic hydroxyl groups is 10. The number of unbranched alkanes of at least 4 members (excludes halogenated alkanes) is 37. The fourth-order valence-corrected chi connectivity index (χ4v) is 13.6. The van der Waals surface area contributed by atoms with E-state index in [9.17, 15) is 74.9 Å². The average molecular weight is 1430 g/mol. The van der Waals surface area contributed by atoms with Crippen LogP contribution in [0.5, 0.6) is 0 Å². The Bertz CT molecular complexity index is 2120. The molecule has 18 atom stereocenters. The summed E-state index contributed by atoms with van der Waals surface area (Å²) in [6.45, 7) is 3.34. The first-order chi connectivity index (χ1) is 47.3. The van der Waals surface area contributed by atoms with E-state index in [2.05, 4.69) is 20.8 Å². The van der Waals surface area contributed by atoms with Gasteiger partial charge in [-0.25, -0.2) is 9.36 Å². The van der Waals surface area contributed by atoms with Crippen molar-refractivity contribution in [1.82, 2.24) is 0 Å². The quantitative estimate of drug-likeness (QED) is 0.00673. The van der Waals surface area contributed by atoms with Crippen LogP contribution in [0, 0.1) is 0 Å². The smallest absolute Gasteiger partial charge is 0.463 e. The van der Waals surface area contributed by atoms with E-state index < -0.39 is 156 Å². The maximum absolute atomic E-state index is 14.3.